The van der Waals surface area contributed by atoms with Crippen molar-refractivity contribution in [3.8, 4) is 0 Å². The van der Waals surface area contributed by atoms with E-state index in [9.17, 15) is 4.79 Å². The summed E-state index contributed by atoms with van der Waals surface area (Å²) in [5, 5.41) is 7.36. The molecule has 1 aliphatic carbocycles. The van der Waals surface area contributed by atoms with Gasteiger partial charge in [-0.1, -0.05) is 0 Å². The maximum Gasteiger partial charge on any atom is 0.321 e. The molecule has 138 valence electrons. The second-order valence-corrected chi connectivity index (χ2v) is 8.29. The van der Waals surface area contributed by atoms with Crippen LogP contribution in [0.2, 0.25) is 0 Å². The number of aryl methyl sites for hydroxylation is 2. The number of likely N-dealkylation sites (tertiary alicyclic amines) is 1. The molecule has 1 unspecified atom stereocenters. The second-order valence-electron chi connectivity index (χ2n) is 7.17. The number of carbonyl (C=O) groups is 1. The van der Waals surface area contributed by atoms with E-state index in [4.69, 9.17) is 4.98 Å². The molecule has 2 amide bonds. The van der Waals surface area contributed by atoms with Crippen LogP contribution < -0.4 is 10.6 Å². The number of piperidine rings is 1. The van der Waals surface area contributed by atoms with Gasteiger partial charge in [0.05, 0.1) is 10.7 Å². The first-order chi connectivity index (χ1) is 12.7. The van der Waals surface area contributed by atoms with Gasteiger partial charge in [-0.15, -0.1) is 11.3 Å². The molecule has 4 rings (SSSR count). The topological polar surface area (TPSA) is 57.3 Å². The number of nitrogens with one attached hydrogen (secondary N) is 2. The third-order valence-corrected chi connectivity index (χ3v) is 6.66. The molecule has 5 nitrogen and oxygen atoms in total. The van der Waals surface area contributed by atoms with Gasteiger partial charge in [-0.3, -0.25) is 0 Å². The lowest BCUT2D eigenvalue weighted by Gasteiger charge is -2.31. The van der Waals surface area contributed by atoms with Gasteiger partial charge in [0.25, 0.3) is 0 Å². The summed E-state index contributed by atoms with van der Waals surface area (Å²) in [5.41, 5.74) is 3.19. The molecule has 0 spiro atoms. The highest BCUT2D eigenvalue weighted by Crippen LogP contribution is 2.34. The summed E-state index contributed by atoms with van der Waals surface area (Å²) in [6, 6.07) is 7.79. The summed E-state index contributed by atoms with van der Waals surface area (Å²) in [5.74, 6) is 0.386. The van der Waals surface area contributed by atoms with Gasteiger partial charge in [-0.05, 0) is 62.8 Å². The molecule has 1 fully saturated rings. The van der Waals surface area contributed by atoms with Gasteiger partial charge in [0, 0.05) is 42.3 Å². The summed E-state index contributed by atoms with van der Waals surface area (Å²) in [4.78, 5) is 21.0. The largest absolute Gasteiger partial charge is 0.388 e. The lowest BCUT2D eigenvalue weighted by atomic mass is 9.98. The normalized spacial score (nSPS) is 19.7. The molecule has 2 heterocycles. The molecule has 26 heavy (non-hydrogen) atoms. The maximum absolute atomic E-state index is 12.7. The van der Waals surface area contributed by atoms with E-state index >= 15 is 0 Å². The highest BCUT2D eigenvalue weighted by Gasteiger charge is 2.28. The minimum absolute atomic E-state index is 0.00627. The van der Waals surface area contributed by atoms with Crippen LogP contribution >= 0.6 is 11.3 Å². The van der Waals surface area contributed by atoms with E-state index in [0.717, 1.165) is 43.7 Å². The molecule has 1 aliphatic heterocycles. The summed E-state index contributed by atoms with van der Waals surface area (Å²) < 4.78 is 0. The quantitative estimate of drug-likeness (QED) is 0.838. The maximum atomic E-state index is 12.7. The van der Waals surface area contributed by atoms with Gasteiger partial charge in [0.2, 0.25) is 0 Å². The number of amides is 2. The van der Waals surface area contributed by atoms with Crippen molar-refractivity contribution in [1.82, 2.24) is 9.88 Å². The zero-order chi connectivity index (χ0) is 17.9. The van der Waals surface area contributed by atoms with Crippen molar-refractivity contribution in [2.45, 2.75) is 44.4 Å². The van der Waals surface area contributed by atoms with Crippen LogP contribution in [-0.4, -0.2) is 36.1 Å². The smallest absolute Gasteiger partial charge is 0.321 e. The number of nitrogens with zero attached hydrogens (tertiary/aromatic N) is 2. The highest BCUT2D eigenvalue weighted by molar-refractivity contribution is 7.11. The van der Waals surface area contributed by atoms with Gasteiger partial charge in [0.15, 0.2) is 0 Å². The van der Waals surface area contributed by atoms with Crippen molar-refractivity contribution in [2.75, 3.05) is 30.8 Å². The number of anilines is 2. The summed E-state index contributed by atoms with van der Waals surface area (Å²) in [6.45, 7) is 1.59. The third-order valence-electron chi connectivity index (χ3n) is 5.34. The predicted molar refractivity (Wildman–Crippen MR) is 107 cm³/mol. The highest BCUT2D eigenvalue weighted by atomic mass is 32.1. The Morgan fingerprint density at radius 2 is 1.92 bits per heavy atom. The average molecular weight is 371 g/mol. The molecule has 0 bridgehead atoms. The van der Waals surface area contributed by atoms with Crippen LogP contribution in [0.1, 0.15) is 47.2 Å². The summed E-state index contributed by atoms with van der Waals surface area (Å²) >= 11 is 1.89. The lowest BCUT2D eigenvalue weighted by Crippen LogP contribution is -2.41. The zero-order valence-electron chi connectivity index (χ0n) is 15.3. The first-order valence-corrected chi connectivity index (χ1v) is 10.4. The fourth-order valence-electron chi connectivity index (χ4n) is 3.83. The van der Waals surface area contributed by atoms with Gasteiger partial charge in [-0.2, -0.15) is 0 Å². The first kappa shape index (κ1) is 17.3. The zero-order valence-corrected chi connectivity index (χ0v) is 16.1. The van der Waals surface area contributed by atoms with Crippen LogP contribution in [-0.2, 0) is 12.8 Å². The van der Waals surface area contributed by atoms with Gasteiger partial charge < -0.3 is 15.5 Å². The van der Waals surface area contributed by atoms with Gasteiger partial charge in [-0.25, -0.2) is 9.78 Å². The van der Waals surface area contributed by atoms with E-state index < -0.39 is 0 Å². The SMILES string of the molecule is CNc1ccc(NC(=O)N2CCCC(c3nc4c(s3)CCCC4)C2)cc1. The Labute approximate surface area is 158 Å². The molecular formula is C20H26N4OS. The Morgan fingerprint density at radius 3 is 2.69 bits per heavy atom. The molecule has 1 saturated heterocycles. The van der Waals surface area contributed by atoms with Crippen molar-refractivity contribution in [2.24, 2.45) is 0 Å². The molecule has 0 saturated carbocycles. The summed E-state index contributed by atoms with van der Waals surface area (Å²) in [6.07, 6.45) is 7.05. The standard InChI is InChI=1S/C20H26N4OS/c1-21-15-8-10-16(11-9-15)22-20(25)24-12-4-5-14(13-24)19-23-17-6-2-3-7-18(17)26-19/h8-11,14,21H,2-7,12-13H2,1H3,(H,22,25). The molecule has 6 heteroatoms. The number of urea groups is 1. The van der Waals surface area contributed by atoms with Crippen molar-refractivity contribution < 1.29 is 4.79 Å². The van der Waals surface area contributed by atoms with E-state index in [0.29, 0.717) is 5.92 Å². The Hall–Kier alpha value is -2.08. The fourth-order valence-corrected chi connectivity index (χ4v) is 5.11. The average Bonchev–Trinajstić information content (AvgIpc) is 3.13. The van der Waals surface area contributed by atoms with Crippen LogP contribution in [0.5, 0.6) is 0 Å². The van der Waals surface area contributed by atoms with Crippen molar-refractivity contribution >= 4 is 28.7 Å². The van der Waals surface area contributed by atoms with E-state index in [2.05, 4.69) is 10.6 Å². The van der Waals surface area contributed by atoms with Crippen molar-refractivity contribution in [3.63, 3.8) is 0 Å². The molecule has 2 N–H and O–H groups in total. The van der Waals surface area contributed by atoms with Crippen LogP contribution in [0.4, 0.5) is 16.2 Å². The van der Waals surface area contributed by atoms with Crippen molar-refractivity contribution in [3.05, 3.63) is 39.8 Å². The van der Waals surface area contributed by atoms with E-state index in [1.54, 1.807) is 0 Å². The number of hydrogen-bond acceptors (Lipinski definition) is 4. The number of aromatic nitrogens is 1. The number of benzene rings is 1. The second kappa shape index (κ2) is 7.66. The fraction of sp³-hybridized carbons (Fsp3) is 0.500. The minimum atomic E-state index is -0.00627. The Kier molecular flexibility index (Phi) is 5.11. The minimum Gasteiger partial charge on any atom is -0.388 e. The molecule has 1 atom stereocenters. The van der Waals surface area contributed by atoms with Crippen molar-refractivity contribution in [1.29, 1.82) is 0 Å². The number of hydrogen-bond donors (Lipinski definition) is 2. The molecule has 0 radical (unpaired) electrons. The number of thiazole rings is 1. The Bertz CT molecular complexity index is 747. The molecular weight excluding hydrogens is 344 g/mol. The van der Waals surface area contributed by atoms with Crippen LogP contribution in [0.25, 0.3) is 0 Å². The Balaban J connectivity index is 1.40. The first-order valence-electron chi connectivity index (χ1n) is 9.55. The van der Waals surface area contributed by atoms with E-state index in [1.807, 2.05) is 47.5 Å². The molecule has 1 aromatic heterocycles. The van der Waals surface area contributed by atoms with E-state index in [-0.39, 0.29) is 6.03 Å². The monoisotopic (exact) mass is 370 g/mol. The van der Waals surface area contributed by atoms with Gasteiger partial charge >= 0.3 is 6.03 Å². The van der Waals surface area contributed by atoms with Crippen LogP contribution in [0.15, 0.2) is 24.3 Å². The third kappa shape index (κ3) is 3.70. The van der Waals surface area contributed by atoms with Crippen LogP contribution in [0.3, 0.4) is 0 Å². The number of carbonyl (C=O) groups excluding carboxylic acids is 1. The molecule has 2 aromatic rings. The van der Waals surface area contributed by atoms with Crippen LogP contribution in [0, 0.1) is 0 Å². The summed E-state index contributed by atoms with van der Waals surface area (Å²) in [7, 11) is 1.89. The van der Waals surface area contributed by atoms with Gasteiger partial charge in [0.1, 0.15) is 0 Å². The van der Waals surface area contributed by atoms with E-state index in [1.165, 1.54) is 34.8 Å². The lowest BCUT2D eigenvalue weighted by molar-refractivity contribution is 0.192. The molecule has 2 aliphatic rings. The predicted octanol–water partition coefficient (Wildman–Crippen LogP) is 4.48. The number of rotatable bonds is 3. The molecule has 1 aromatic carbocycles. The Morgan fingerprint density at radius 1 is 1.15 bits per heavy atom. The number of fused-ring (bicyclic) bond motifs is 1.